The summed E-state index contributed by atoms with van der Waals surface area (Å²) in [4.78, 5) is 25.5. The van der Waals surface area contributed by atoms with Crippen molar-refractivity contribution in [3.05, 3.63) is 70.3 Å². The van der Waals surface area contributed by atoms with Crippen LogP contribution in [0, 0.1) is 0 Å². The van der Waals surface area contributed by atoms with E-state index < -0.39 is 17.7 Å². The first kappa shape index (κ1) is 19.9. The van der Waals surface area contributed by atoms with Crippen molar-refractivity contribution >= 4 is 11.9 Å². The molecule has 0 radical (unpaired) electrons. The van der Waals surface area contributed by atoms with E-state index in [1.807, 2.05) is 0 Å². The van der Waals surface area contributed by atoms with Gasteiger partial charge in [-0.3, -0.25) is 4.79 Å². The van der Waals surface area contributed by atoms with Crippen LogP contribution in [-0.4, -0.2) is 28.4 Å². The van der Waals surface area contributed by atoms with Crippen molar-refractivity contribution in [3.63, 3.8) is 0 Å². The molecule has 0 aromatic heterocycles. The fourth-order valence-electron chi connectivity index (χ4n) is 3.43. The van der Waals surface area contributed by atoms with Gasteiger partial charge in [0.25, 0.3) is 0 Å². The van der Waals surface area contributed by atoms with Crippen molar-refractivity contribution in [3.8, 4) is 0 Å². The van der Waals surface area contributed by atoms with Crippen LogP contribution in [0.15, 0.2) is 42.5 Å². The minimum Gasteiger partial charge on any atom is -0.478 e. The largest absolute Gasteiger partial charge is 0.478 e. The minimum atomic E-state index is -4.42. The van der Waals surface area contributed by atoms with Crippen LogP contribution in [0.4, 0.5) is 13.2 Å². The van der Waals surface area contributed by atoms with Gasteiger partial charge < -0.3 is 10.0 Å². The third-order valence-electron chi connectivity index (χ3n) is 5.08. The number of carbonyl (C=O) groups is 2. The molecule has 1 amide bonds. The van der Waals surface area contributed by atoms with Gasteiger partial charge in [0, 0.05) is 19.5 Å². The average Bonchev–Trinajstić information content (AvgIpc) is 2.66. The molecule has 0 saturated heterocycles. The second-order valence-corrected chi connectivity index (χ2v) is 7.08. The molecule has 0 bridgehead atoms. The number of fused-ring (bicyclic) bond motifs is 1. The van der Waals surface area contributed by atoms with Gasteiger partial charge in [-0.15, -0.1) is 0 Å². The number of benzene rings is 2. The highest BCUT2D eigenvalue weighted by Crippen LogP contribution is 2.32. The van der Waals surface area contributed by atoms with E-state index in [0.29, 0.717) is 25.1 Å². The van der Waals surface area contributed by atoms with E-state index >= 15 is 0 Å². The lowest BCUT2D eigenvalue weighted by molar-refractivity contribution is -0.137. The van der Waals surface area contributed by atoms with Gasteiger partial charge >= 0.3 is 12.1 Å². The van der Waals surface area contributed by atoms with Gasteiger partial charge in [-0.25, -0.2) is 4.79 Å². The van der Waals surface area contributed by atoms with Crippen molar-refractivity contribution in [1.29, 1.82) is 0 Å². The Bertz CT molecular complexity index is 908. The predicted octanol–water partition coefficient (Wildman–Crippen LogP) is 4.48. The number of halogens is 3. The Balaban J connectivity index is 1.70. The summed E-state index contributed by atoms with van der Waals surface area (Å²) in [6, 6.07) is 9.94. The van der Waals surface area contributed by atoms with Crippen LogP contribution in [-0.2, 0) is 23.9 Å². The van der Waals surface area contributed by atoms with Crippen molar-refractivity contribution in [2.24, 2.45) is 0 Å². The molecule has 0 fully saturated rings. The average molecular weight is 391 g/mol. The normalized spacial score (nSPS) is 15.1. The number of nitrogens with zero attached hydrogens (tertiary/aromatic N) is 1. The van der Waals surface area contributed by atoms with Crippen LogP contribution < -0.4 is 0 Å². The second-order valence-electron chi connectivity index (χ2n) is 7.08. The number of carbonyl (C=O) groups excluding carboxylic acids is 1. The molecule has 148 valence electrons. The number of carboxylic acids is 1. The number of hydrogen-bond acceptors (Lipinski definition) is 2. The Morgan fingerprint density at radius 2 is 1.89 bits per heavy atom. The van der Waals surface area contributed by atoms with Crippen LogP contribution in [0.5, 0.6) is 0 Å². The molecule has 1 aliphatic rings. The molecule has 0 saturated carbocycles. The van der Waals surface area contributed by atoms with Gasteiger partial charge in [0.2, 0.25) is 5.91 Å². The summed E-state index contributed by atoms with van der Waals surface area (Å²) >= 11 is 0. The zero-order chi connectivity index (χ0) is 20.5. The highest BCUT2D eigenvalue weighted by molar-refractivity contribution is 5.88. The molecule has 0 aliphatic carbocycles. The Morgan fingerprint density at radius 1 is 1.14 bits per heavy atom. The molecule has 1 N–H and O–H groups in total. The predicted molar refractivity (Wildman–Crippen MR) is 97.0 cm³/mol. The molecule has 2 aromatic rings. The minimum absolute atomic E-state index is 0.0925. The molecule has 2 aromatic carbocycles. The Hall–Kier alpha value is -2.83. The first-order chi connectivity index (χ1) is 13.1. The van der Waals surface area contributed by atoms with E-state index in [4.69, 9.17) is 5.11 Å². The van der Waals surface area contributed by atoms with Gasteiger partial charge in [0.1, 0.15) is 0 Å². The molecular formula is C21H20F3NO3. The highest BCUT2D eigenvalue weighted by Gasteiger charge is 2.31. The van der Waals surface area contributed by atoms with Crippen LogP contribution in [0.1, 0.15) is 51.9 Å². The summed E-state index contributed by atoms with van der Waals surface area (Å²) in [5, 5.41) is 9.13. The lowest BCUT2D eigenvalue weighted by atomic mass is 9.93. The van der Waals surface area contributed by atoms with Gasteiger partial charge in [0.05, 0.1) is 11.1 Å². The summed E-state index contributed by atoms with van der Waals surface area (Å²) in [5.41, 5.74) is 1.72. The molecular weight excluding hydrogens is 371 g/mol. The second kappa shape index (κ2) is 7.66. The van der Waals surface area contributed by atoms with E-state index in [1.54, 1.807) is 36.1 Å². The molecule has 4 nitrogen and oxygen atoms in total. The summed E-state index contributed by atoms with van der Waals surface area (Å²) in [5.74, 6) is -1.54. The smallest absolute Gasteiger partial charge is 0.416 e. The van der Waals surface area contributed by atoms with Crippen molar-refractivity contribution < 1.29 is 27.9 Å². The van der Waals surface area contributed by atoms with Crippen LogP contribution in [0.25, 0.3) is 0 Å². The van der Waals surface area contributed by atoms with Crippen LogP contribution in [0.3, 0.4) is 0 Å². The quantitative estimate of drug-likeness (QED) is 0.836. The Morgan fingerprint density at radius 3 is 2.57 bits per heavy atom. The number of alkyl halides is 3. The Labute approximate surface area is 160 Å². The lowest BCUT2D eigenvalue weighted by Gasteiger charge is -2.30. The van der Waals surface area contributed by atoms with Gasteiger partial charge in [0.15, 0.2) is 0 Å². The maximum atomic E-state index is 12.9. The zero-order valence-electron chi connectivity index (χ0n) is 15.3. The highest BCUT2D eigenvalue weighted by atomic mass is 19.4. The summed E-state index contributed by atoms with van der Waals surface area (Å²) in [7, 11) is 0. The maximum absolute atomic E-state index is 12.9. The van der Waals surface area contributed by atoms with Crippen molar-refractivity contribution in [2.45, 2.75) is 38.4 Å². The topological polar surface area (TPSA) is 57.6 Å². The number of hydrogen-bond donors (Lipinski definition) is 1. The van der Waals surface area contributed by atoms with E-state index in [-0.39, 0.29) is 23.8 Å². The molecule has 1 aliphatic heterocycles. The van der Waals surface area contributed by atoms with Gasteiger partial charge in [-0.05, 0) is 47.2 Å². The van der Waals surface area contributed by atoms with E-state index in [0.717, 1.165) is 23.3 Å². The summed E-state index contributed by atoms with van der Waals surface area (Å²) in [6.45, 7) is 2.55. The number of aromatic carboxylic acids is 1. The van der Waals surface area contributed by atoms with E-state index in [9.17, 15) is 22.8 Å². The zero-order valence-corrected chi connectivity index (χ0v) is 15.3. The first-order valence-electron chi connectivity index (χ1n) is 8.95. The van der Waals surface area contributed by atoms with Gasteiger partial charge in [-0.1, -0.05) is 31.2 Å². The maximum Gasteiger partial charge on any atom is 0.416 e. The molecule has 1 unspecified atom stereocenters. The Kier molecular flexibility index (Phi) is 5.45. The van der Waals surface area contributed by atoms with E-state index in [2.05, 4.69) is 0 Å². The van der Waals surface area contributed by atoms with Gasteiger partial charge in [-0.2, -0.15) is 13.2 Å². The number of carboxylic acid groups (broad SMARTS) is 1. The third kappa shape index (κ3) is 4.35. The lowest BCUT2D eigenvalue weighted by Crippen LogP contribution is -2.36. The monoisotopic (exact) mass is 391 g/mol. The molecule has 3 rings (SSSR count). The van der Waals surface area contributed by atoms with Crippen LogP contribution in [0.2, 0.25) is 0 Å². The van der Waals surface area contributed by atoms with Crippen LogP contribution >= 0.6 is 0 Å². The van der Waals surface area contributed by atoms with E-state index in [1.165, 1.54) is 6.07 Å². The SMILES string of the molecule is CC(CC(=O)N1CCc2ccc(C(=O)O)cc2C1)c1cccc(C(F)(F)F)c1. The molecule has 28 heavy (non-hydrogen) atoms. The molecule has 0 spiro atoms. The fourth-order valence-corrected chi connectivity index (χ4v) is 3.43. The third-order valence-corrected chi connectivity index (χ3v) is 5.08. The summed E-state index contributed by atoms with van der Waals surface area (Å²) < 4.78 is 38.7. The molecule has 1 atom stereocenters. The number of rotatable bonds is 4. The fraction of sp³-hybridized carbons (Fsp3) is 0.333. The van der Waals surface area contributed by atoms with Crippen molar-refractivity contribution in [1.82, 2.24) is 4.90 Å². The summed E-state index contributed by atoms with van der Waals surface area (Å²) in [6.07, 6.45) is -3.70. The number of amides is 1. The molecule has 7 heteroatoms. The standard InChI is InChI=1S/C21H20F3NO3/c1-13(15-3-2-4-18(11-15)21(22,23)24)9-19(26)25-8-7-14-5-6-16(20(27)28)10-17(14)12-25/h2-6,10-11,13H,7-9,12H2,1H3,(H,27,28). The first-order valence-corrected chi connectivity index (χ1v) is 8.95. The van der Waals surface area contributed by atoms with Crippen molar-refractivity contribution in [2.75, 3.05) is 6.54 Å². The molecule has 1 heterocycles.